The second-order valence-corrected chi connectivity index (χ2v) is 12.0. The van der Waals surface area contributed by atoms with Gasteiger partial charge in [0.05, 0.1) is 11.9 Å². The van der Waals surface area contributed by atoms with Gasteiger partial charge in [-0.15, -0.1) is 0 Å². The molecule has 0 radical (unpaired) electrons. The summed E-state index contributed by atoms with van der Waals surface area (Å²) in [6, 6.07) is 10.9. The van der Waals surface area contributed by atoms with Crippen LogP contribution in [0, 0.1) is 6.92 Å². The van der Waals surface area contributed by atoms with Crippen molar-refractivity contribution >= 4 is 50.7 Å². The third kappa shape index (κ3) is 7.61. The minimum atomic E-state index is -3.82. The summed E-state index contributed by atoms with van der Waals surface area (Å²) >= 11 is 12.3. The van der Waals surface area contributed by atoms with E-state index in [4.69, 9.17) is 23.2 Å². The molecule has 1 N–H and O–H groups in total. The molecule has 2 aromatic carbocycles. The SMILES string of the molecule is Cc1cc(Cl)ccc1N(CC(=O)N(Cc1ccccc1Cl)C(C)C(=O)NC(C)(C)C)S(C)(=O)=O. The fraction of sp³-hybridized carbons (Fsp3) is 0.417. The third-order valence-corrected chi connectivity index (χ3v) is 6.80. The van der Waals surface area contributed by atoms with Gasteiger partial charge in [0.1, 0.15) is 12.6 Å². The highest BCUT2D eigenvalue weighted by Crippen LogP contribution is 2.26. The van der Waals surface area contributed by atoms with Crippen molar-refractivity contribution in [3.63, 3.8) is 0 Å². The second-order valence-electron chi connectivity index (χ2n) is 9.23. The number of carbonyl (C=O) groups excluding carboxylic acids is 2. The summed E-state index contributed by atoms with van der Waals surface area (Å²) in [5.41, 5.74) is 1.07. The van der Waals surface area contributed by atoms with E-state index in [1.165, 1.54) is 4.90 Å². The van der Waals surface area contributed by atoms with Gasteiger partial charge in [0, 0.05) is 22.1 Å². The lowest BCUT2D eigenvalue weighted by molar-refractivity contribution is -0.140. The van der Waals surface area contributed by atoms with Gasteiger partial charge in [0.25, 0.3) is 0 Å². The van der Waals surface area contributed by atoms with E-state index in [1.807, 2.05) is 20.8 Å². The van der Waals surface area contributed by atoms with Crippen LogP contribution in [0.5, 0.6) is 0 Å². The lowest BCUT2D eigenvalue weighted by Gasteiger charge is -2.33. The van der Waals surface area contributed by atoms with Gasteiger partial charge in [0.2, 0.25) is 21.8 Å². The van der Waals surface area contributed by atoms with Crippen LogP contribution in [0.4, 0.5) is 5.69 Å². The van der Waals surface area contributed by atoms with Crippen molar-refractivity contribution < 1.29 is 18.0 Å². The first-order chi connectivity index (χ1) is 15.6. The number of nitrogens with one attached hydrogen (secondary N) is 1. The lowest BCUT2D eigenvalue weighted by atomic mass is 10.1. The van der Waals surface area contributed by atoms with Crippen LogP contribution in [0.15, 0.2) is 42.5 Å². The van der Waals surface area contributed by atoms with E-state index in [1.54, 1.807) is 56.3 Å². The van der Waals surface area contributed by atoms with Gasteiger partial charge in [-0.05, 0) is 70.0 Å². The molecule has 7 nitrogen and oxygen atoms in total. The summed E-state index contributed by atoms with van der Waals surface area (Å²) < 4.78 is 26.3. The number of nitrogens with zero attached hydrogens (tertiary/aromatic N) is 2. The van der Waals surface area contributed by atoms with Gasteiger partial charge in [-0.1, -0.05) is 41.4 Å². The van der Waals surface area contributed by atoms with E-state index >= 15 is 0 Å². The summed E-state index contributed by atoms with van der Waals surface area (Å²) in [5, 5.41) is 3.77. The Morgan fingerprint density at radius 2 is 1.71 bits per heavy atom. The first kappa shape index (κ1) is 28.0. The molecule has 0 saturated carbocycles. The Labute approximate surface area is 212 Å². The van der Waals surface area contributed by atoms with Crippen LogP contribution in [0.25, 0.3) is 0 Å². The molecule has 2 rings (SSSR count). The van der Waals surface area contributed by atoms with Crippen LogP contribution in [0.1, 0.15) is 38.8 Å². The summed E-state index contributed by atoms with van der Waals surface area (Å²) in [4.78, 5) is 27.8. The number of anilines is 1. The maximum atomic E-state index is 13.5. The van der Waals surface area contributed by atoms with Crippen molar-refractivity contribution in [1.82, 2.24) is 10.2 Å². The van der Waals surface area contributed by atoms with Crippen LogP contribution in [-0.4, -0.2) is 49.5 Å². The van der Waals surface area contributed by atoms with Crippen molar-refractivity contribution in [2.75, 3.05) is 17.1 Å². The van der Waals surface area contributed by atoms with Crippen molar-refractivity contribution in [3.8, 4) is 0 Å². The second kappa shape index (κ2) is 11.0. The van der Waals surface area contributed by atoms with Gasteiger partial charge < -0.3 is 10.2 Å². The summed E-state index contributed by atoms with van der Waals surface area (Å²) in [6.45, 7) is 8.39. The minimum absolute atomic E-state index is 0.0361. The molecule has 0 aliphatic heterocycles. The van der Waals surface area contributed by atoms with Crippen molar-refractivity contribution in [3.05, 3.63) is 63.6 Å². The number of aryl methyl sites for hydroxylation is 1. The zero-order chi connectivity index (χ0) is 25.8. The number of hydrogen-bond acceptors (Lipinski definition) is 4. The molecule has 0 spiro atoms. The molecule has 2 aromatic rings. The maximum absolute atomic E-state index is 13.5. The predicted molar refractivity (Wildman–Crippen MR) is 138 cm³/mol. The van der Waals surface area contributed by atoms with Crippen molar-refractivity contribution in [2.24, 2.45) is 0 Å². The number of amides is 2. The fourth-order valence-corrected chi connectivity index (χ4v) is 4.69. The number of carbonyl (C=O) groups is 2. The van der Waals surface area contributed by atoms with Gasteiger partial charge in [0.15, 0.2) is 0 Å². The standard InChI is InChI=1S/C24H31Cl2N3O4S/c1-16-13-19(25)11-12-21(16)29(34(6,32)33)15-22(30)28(14-18-9-7-8-10-20(18)26)17(2)23(31)27-24(3,4)5/h7-13,17H,14-15H2,1-6H3,(H,27,31). The van der Waals surface area contributed by atoms with Gasteiger partial charge in [-0.2, -0.15) is 0 Å². The zero-order valence-electron chi connectivity index (χ0n) is 20.2. The largest absolute Gasteiger partial charge is 0.350 e. The lowest BCUT2D eigenvalue weighted by Crippen LogP contribution is -2.54. The Kier molecular flexibility index (Phi) is 9.02. The van der Waals surface area contributed by atoms with Crippen LogP contribution in [0.3, 0.4) is 0 Å². The number of rotatable bonds is 8. The Morgan fingerprint density at radius 1 is 1.09 bits per heavy atom. The molecule has 0 bridgehead atoms. The molecular formula is C24H31Cl2N3O4S. The predicted octanol–water partition coefficient (Wildman–Crippen LogP) is 4.40. The first-order valence-electron chi connectivity index (χ1n) is 10.7. The summed E-state index contributed by atoms with van der Waals surface area (Å²) in [6.07, 6.45) is 1.03. The highest BCUT2D eigenvalue weighted by molar-refractivity contribution is 7.92. The number of benzene rings is 2. The number of sulfonamides is 1. The molecule has 0 saturated heterocycles. The van der Waals surface area contributed by atoms with Crippen LogP contribution in [0.2, 0.25) is 10.0 Å². The van der Waals surface area contributed by atoms with Gasteiger partial charge in [-0.3, -0.25) is 13.9 Å². The average molecular weight is 529 g/mol. The number of hydrogen-bond donors (Lipinski definition) is 1. The molecule has 0 aliphatic rings. The Balaban J connectivity index is 2.45. The number of halogens is 2. The van der Waals surface area contributed by atoms with Gasteiger partial charge >= 0.3 is 0 Å². The van der Waals surface area contributed by atoms with E-state index in [0.717, 1.165) is 10.6 Å². The molecule has 10 heteroatoms. The van der Waals surface area contributed by atoms with E-state index < -0.39 is 34.1 Å². The first-order valence-corrected chi connectivity index (χ1v) is 13.3. The van der Waals surface area contributed by atoms with Crippen LogP contribution in [-0.2, 0) is 26.2 Å². The summed E-state index contributed by atoms with van der Waals surface area (Å²) in [5.74, 6) is -0.905. The van der Waals surface area contributed by atoms with E-state index in [9.17, 15) is 18.0 Å². The highest BCUT2D eigenvalue weighted by atomic mass is 35.5. The molecular weight excluding hydrogens is 497 g/mol. The summed E-state index contributed by atoms with van der Waals surface area (Å²) in [7, 11) is -3.82. The maximum Gasteiger partial charge on any atom is 0.244 e. The van der Waals surface area contributed by atoms with Crippen molar-refractivity contribution in [2.45, 2.75) is 52.7 Å². The molecule has 1 unspecified atom stereocenters. The average Bonchev–Trinajstić information content (AvgIpc) is 2.69. The molecule has 186 valence electrons. The molecule has 1 atom stereocenters. The smallest absolute Gasteiger partial charge is 0.244 e. The van der Waals surface area contributed by atoms with Crippen LogP contribution < -0.4 is 9.62 Å². The minimum Gasteiger partial charge on any atom is -0.350 e. The molecule has 34 heavy (non-hydrogen) atoms. The quantitative estimate of drug-likeness (QED) is 0.551. The molecule has 0 aromatic heterocycles. The highest BCUT2D eigenvalue weighted by Gasteiger charge is 2.32. The Hall–Kier alpha value is -2.29. The topological polar surface area (TPSA) is 86.8 Å². The van der Waals surface area contributed by atoms with E-state index in [0.29, 0.717) is 26.9 Å². The molecule has 0 aliphatic carbocycles. The van der Waals surface area contributed by atoms with E-state index in [2.05, 4.69) is 5.32 Å². The Morgan fingerprint density at radius 3 is 2.24 bits per heavy atom. The monoisotopic (exact) mass is 527 g/mol. The fourth-order valence-electron chi connectivity index (χ4n) is 3.36. The molecule has 2 amide bonds. The third-order valence-electron chi connectivity index (χ3n) is 5.07. The zero-order valence-corrected chi connectivity index (χ0v) is 22.6. The normalized spacial score (nSPS) is 12.7. The van der Waals surface area contributed by atoms with Crippen molar-refractivity contribution in [1.29, 1.82) is 0 Å². The molecule has 0 heterocycles. The van der Waals surface area contributed by atoms with E-state index in [-0.39, 0.29) is 12.5 Å². The molecule has 0 fully saturated rings. The van der Waals surface area contributed by atoms with Gasteiger partial charge in [-0.25, -0.2) is 8.42 Å². The van der Waals surface area contributed by atoms with Crippen LogP contribution >= 0.6 is 23.2 Å². The Bertz CT molecular complexity index is 1160.